The van der Waals surface area contributed by atoms with E-state index < -0.39 is 0 Å². The fraction of sp³-hybridized carbons (Fsp3) is 0.467. The minimum absolute atomic E-state index is 0.240. The van der Waals surface area contributed by atoms with E-state index in [0.717, 1.165) is 17.9 Å². The molecule has 2 nitrogen and oxygen atoms in total. The Morgan fingerprint density at radius 1 is 1.33 bits per heavy atom. The Hall–Kier alpha value is -0.930. The molecule has 1 unspecified atom stereocenters. The minimum Gasteiger partial charge on any atom is -0.459 e. The van der Waals surface area contributed by atoms with Crippen molar-refractivity contribution in [2.24, 2.45) is 0 Å². The monoisotopic (exact) mass is 263 g/mol. The number of nitrogens with one attached hydrogen (secondary N) is 1. The van der Waals surface area contributed by atoms with E-state index in [1.165, 1.54) is 5.39 Å². The predicted octanol–water partition coefficient (Wildman–Crippen LogP) is 4.23. The number of thioether (sulfide) groups is 1. The maximum atomic E-state index is 5.86. The van der Waals surface area contributed by atoms with Crippen LogP contribution >= 0.6 is 11.8 Å². The van der Waals surface area contributed by atoms with Crippen LogP contribution in [0.2, 0.25) is 0 Å². The highest BCUT2D eigenvalue weighted by Gasteiger charge is 2.18. The number of furan rings is 1. The standard InChI is InChI=1S/C15H21NOS/c1-11(16-10-15(2,3)18-4)14-9-12-7-5-6-8-13(12)17-14/h5-9,11,16H,10H2,1-4H3. The van der Waals surface area contributed by atoms with Crippen LogP contribution in [-0.4, -0.2) is 17.5 Å². The lowest BCUT2D eigenvalue weighted by Gasteiger charge is -2.24. The fourth-order valence-corrected chi connectivity index (χ4v) is 2.02. The second-order valence-electron chi connectivity index (χ2n) is 5.25. The molecule has 98 valence electrons. The van der Waals surface area contributed by atoms with Crippen molar-refractivity contribution in [1.29, 1.82) is 0 Å². The summed E-state index contributed by atoms with van der Waals surface area (Å²) in [5, 5.41) is 4.71. The molecule has 1 N–H and O–H groups in total. The zero-order chi connectivity index (χ0) is 13.2. The van der Waals surface area contributed by atoms with Gasteiger partial charge in [-0.05, 0) is 39.2 Å². The molecule has 0 saturated carbocycles. The molecular formula is C15H21NOS. The fourth-order valence-electron chi connectivity index (χ4n) is 1.79. The molecule has 1 aromatic carbocycles. The molecule has 0 spiro atoms. The Balaban J connectivity index is 2.07. The third-order valence-electron chi connectivity index (χ3n) is 3.26. The Kier molecular flexibility index (Phi) is 4.03. The van der Waals surface area contributed by atoms with Gasteiger partial charge in [-0.15, -0.1) is 0 Å². The van der Waals surface area contributed by atoms with Gasteiger partial charge in [0.25, 0.3) is 0 Å². The van der Waals surface area contributed by atoms with E-state index in [1.807, 2.05) is 30.0 Å². The number of hydrogen-bond acceptors (Lipinski definition) is 3. The molecule has 0 aliphatic rings. The maximum Gasteiger partial charge on any atom is 0.134 e. The molecule has 1 aromatic heterocycles. The number of hydrogen-bond donors (Lipinski definition) is 1. The van der Waals surface area contributed by atoms with Crippen LogP contribution in [0.1, 0.15) is 32.6 Å². The van der Waals surface area contributed by atoms with Crippen LogP contribution in [0.15, 0.2) is 34.7 Å². The van der Waals surface area contributed by atoms with Crippen molar-refractivity contribution in [3.8, 4) is 0 Å². The van der Waals surface area contributed by atoms with Gasteiger partial charge in [0.15, 0.2) is 0 Å². The van der Waals surface area contributed by atoms with Gasteiger partial charge in [-0.3, -0.25) is 0 Å². The van der Waals surface area contributed by atoms with E-state index in [0.29, 0.717) is 0 Å². The van der Waals surface area contributed by atoms with E-state index in [4.69, 9.17) is 4.42 Å². The van der Waals surface area contributed by atoms with Gasteiger partial charge in [-0.1, -0.05) is 18.2 Å². The van der Waals surface area contributed by atoms with Crippen molar-refractivity contribution in [2.45, 2.75) is 31.6 Å². The van der Waals surface area contributed by atoms with Gasteiger partial charge in [0, 0.05) is 16.7 Å². The number of benzene rings is 1. The molecule has 0 aliphatic heterocycles. The van der Waals surface area contributed by atoms with Crippen LogP contribution < -0.4 is 5.32 Å². The first kappa shape index (κ1) is 13.5. The van der Waals surface area contributed by atoms with Crippen molar-refractivity contribution in [3.63, 3.8) is 0 Å². The summed E-state index contributed by atoms with van der Waals surface area (Å²) in [4.78, 5) is 0. The van der Waals surface area contributed by atoms with Gasteiger partial charge in [0.2, 0.25) is 0 Å². The van der Waals surface area contributed by atoms with E-state index in [-0.39, 0.29) is 10.8 Å². The normalized spacial score (nSPS) is 14.0. The first-order chi connectivity index (χ1) is 8.52. The summed E-state index contributed by atoms with van der Waals surface area (Å²) in [6, 6.07) is 10.5. The van der Waals surface area contributed by atoms with Crippen molar-refractivity contribution < 1.29 is 4.42 Å². The van der Waals surface area contributed by atoms with Crippen LogP contribution in [0, 0.1) is 0 Å². The van der Waals surface area contributed by atoms with Gasteiger partial charge >= 0.3 is 0 Å². The first-order valence-electron chi connectivity index (χ1n) is 6.29. The van der Waals surface area contributed by atoms with E-state index >= 15 is 0 Å². The first-order valence-corrected chi connectivity index (χ1v) is 7.51. The molecule has 0 bridgehead atoms. The van der Waals surface area contributed by atoms with Crippen molar-refractivity contribution >= 4 is 22.7 Å². The average molecular weight is 263 g/mol. The molecule has 1 atom stereocenters. The highest BCUT2D eigenvalue weighted by atomic mass is 32.2. The van der Waals surface area contributed by atoms with E-state index in [1.54, 1.807) is 0 Å². The predicted molar refractivity (Wildman–Crippen MR) is 80.2 cm³/mol. The molecule has 2 aromatic rings. The van der Waals surface area contributed by atoms with Crippen LogP contribution in [0.5, 0.6) is 0 Å². The molecule has 0 aliphatic carbocycles. The third-order valence-corrected chi connectivity index (χ3v) is 4.51. The maximum absolute atomic E-state index is 5.86. The second kappa shape index (κ2) is 5.37. The van der Waals surface area contributed by atoms with Gasteiger partial charge in [0.05, 0.1) is 6.04 Å². The molecule has 1 heterocycles. The molecule has 0 fully saturated rings. The third kappa shape index (κ3) is 3.09. The zero-order valence-corrected chi connectivity index (χ0v) is 12.3. The molecular weight excluding hydrogens is 242 g/mol. The van der Waals surface area contributed by atoms with Crippen LogP contribution in [0.4, 0.5) is 0 Å². The van der Waals surface area contributed by atoms with Crippen LogP contribution in [0.3, 0.4) is 0 Å². The Morgan fingerprint density at radius 2 is 2.06 bits per heavy atom. The lowest BCUT2D eigenvalue weighted by atomic mass is 10.1. The van der Waals surface area contributed by atoms with Crippen LogP contribution in [-0.2, 0) is 0 Å². The average Bonchev–Trinajstić information content (AvgIpc) is 2.80. The zero-order valence-electron chi connectivity index (χ0n) is 11.5. The molecule has 0 radical (unpaired) electrons. The molecule has 2 rings (SSSR count). The summed E-state index contributed by atoms with van der Waals surface area (Å²) < 4.78 is 6.11. The van der Waals surface area contributed by atoms with Gasteiger partial charge in [-0.2, -0.15) is 11.8 Å². The van der Waals surface area contributed by atoms with Gasteiger partial charge < -0.3 is 9.73 Å². The summed E-state index contributed by atoms with van der Waals surface area (Å²) in [6.45, 7) is 7.60. The highest BCUT2D eigenvalue weighted by molar-refractivity contribution is 7.99. The quantitative estimate of drug-likeness (QED) is 0.874. The molecule has 0 amide bonds. The van der Waals surface area contributed by atoms with Crippen LogP contribution in [0.25, 0.3) is 11.0 Å². The summed E-state index contributed by atoms with van der Waals surface area (Å²) in [6.07, 6.45) is 2.15. The number of rotatable bonds is 5. The van der Waals surface area contributed by atoms with E-state index in [2.05, 4.69) is 44.5 Å². The smallest absolute Gasteiger partial charge is 0.134 e. The summed E-state index contributed by atoms with van der Waals surface area (Å²) in [7, 11) is 0. The largest absolute Gasteiger partial charge is 0.459 e. The Morgan fingerprint density at radius 3 is 2.72 bits per heavy atom. The van der Waals surface area contributed by atoms with Gasteiger partial charge in [0.1, 0.15) is 11.3 Å². The van der Waals surface area contributed by atoms with E-state index in [9.17, 15) is 0 Å². The lowest BCUT2D eigenvalue weighted by molar-refractivity contribution is 0.437. The molecule has 18 heavy (non-hydrogen) atoms. The Bertz CT molecular complexity index is 485. The number of fused-ring (bicyclic) bond motifs is 1. The van der Waals surface area contributed by atoms with Crippen molar-refractivity contribution in [3.05, 3.63) is 36.1 Å². The van der Waals surface area contributed by atoms with Crippen molar-refractivity contribution in [1.82, 2.24) is 5.32 Å². The molecule has 0 saturated heterocycles. The number of para-hydroxylation sites is 1. The lowest BCUT2D eigenvalue weighted by Crippen LogP contribution is -2.33. The van der Waals surface area contributed by atoms with Gasteiger partial charge in [-0.25, -0.2) is 0 Å². The Labute approximate surface area is 113 Å². The summed E-state index contributed by atoms with van der Waals surface area (Å²) in [5.74, 6) is 1.01. The minimum atomic E-state index is 0.240. The highest BCUT2D eigenvalue weighted by Crippen LogP contribution is 2.25. The SMILES string of the molecule is CSC(C)(C)CNC(C)c1cc2ccccc2o1. The topological polar surface area (TPSA) is 25.2 Å². The second-order valence-corrected chi connectivity index (χ2v) is 6.77. The summed E-state index contributed by atoms with van der Waals surface area (Å²) >= 11 is 1.88. The summed E-state index contributed by atoms with van der Waals surface area (Å²) in [5.41, 5.74) is 0.963. The van der Waals surface area contributed by atoms with Crippen molar-refractivity contribution in [2.75, 3.05) is 12.8 Å². The molecule has 3 heteroatoms.